The summed E-state index contributed by atoms with van der Waals surface area (Å²) in [4.78, 5) is 11.5. The highest BCUT2D eigenvalue weighted by Crippen LogP contribution is 2.43. The van der Waals surface area contributed by atoms with Gasteiger partial charge in [0.25, 0.3) is 0 Å². The van der Waals surface area contributed by atoms with Gasteiger partial charge < -0.3 is 9.84 Å². The summed E-state index contributed by atoms with van der Waals surface area (Å²) >= 11 is 0. The summed E-state index contributed by atoms with van der Waals surface area (Å²) in [5, 5.41) is 8.92. The first-order chi connectivity index (χ1) is 6.86. The highest BCUT2D eigenvalue weighted by atomic mass is 16.5. The monoisotopic (exact) mass is 214 g/mol. The van der Waals surface area contributed by atoms with Crippen LogP contribution in [0.4, 0.5) is 0 Å². The van der Waals surface area contributed by atoms with Gasteiger partial charge in [0.15, 0.2) is 0 Å². The fourth-order valence-corrected chi connectivity index (χ4v) is 1.73. The number of hydrogen-bond acceptors (Lipinski definition) is 3. The second-order valence-electron chi connectivity index (χ2n) is 5.67. The first kappa shape index (κ1) is 12.5. The van der Waals surface area contributed by atoms with Crippen molar-refractivity contribution in [3.8, 4) is 0 Å². The van der Waals surface area contributed by atoms with Crippen LogP contribution < -0.4 is 0 Å². The van der Waals surface area contributed by atoms with E-state index in [0.717, 1.165) is 6.42 Å². The molecular formula is C12H22O3. The van der Waals surface area contributed by atoms with Crippen molar-refractivity contribution in [2.75, 3.05) is 13.2 Å². The molecule has 1 aliphatic rings. The molecule has 1 aliphatic carbocycles. The van der Waals surface area contributed by atoms with Crippen molar-refractivity contribution in [1.29, 1.82) is 0 Å². The number of carbonyl (C=O) groups excluding carboxylic acids is 1. The van der Waals surface area contributed by atoms with Gasteiger partial charge in [0.05, 0.1) is 12.0 Å². The highest BCUT2D eigenvalue weighted by Gasteiger charge is 2.40. The largest absolute Gasteiger partial charge is 0.465 e. The van der Waals surface area contributed by atoms with Gasteiger partial charge in [-0.1, -0.05) is 6.92 Å². The Morgan fingerprint density at radius 1 is 1.53 bits per heavy atom. The lowest BCUT2D eigenvalue weighted by Gasteiger charge is -2.19. The van der Waals surface area contributed by atoms with Gasteiger partial charge in [0.1, 0.15) is 0 Å². The van der Waals surface area contributed by atoms with E-state index >= 15 is 0 Å². The molecule has 1 saturated carbocycles. The predicted molar refractivity (Wildman–Crippen MR) is 58.3 cm³/mol. The third-order valence-electron chi connectivity index (χ3n) is 3.03. The molecular weight excluding hydrogens is 192 g/mol. The van der Waals surface area contributed by atoms with E-state index < -0.39 is 5.41 Å². The Labute approximate surface area is 91.8 Å². The van der Waals surface area contributed by atoms with Gasteiger partial charge in [0.2, 0.25) is 0 Å². The molecule has 0 bridgehead atoms. The fraction of sp³-hybridized carbons (Fsp3) is 0.917. The highest BCUT2D eigenvalue weighted by molar-refractivity contribution is 5.75. The zero-order chi connectivity index (χ0) is 11.6. The minimum atomic E-state index is -0.417. The second-order valence-corrected chi connectivity index (χ2v) is 5.67. The zero-order valence-corrected chi connectivity index (χ0v) is 10.1. The molecule has 0 saturated heterocycles. The minimum Gasteiger partial charge on any atom is -0.465 e. The third kappa shape index (κ3) is 3.49. The number of ether oxygens (including phenoxy) is 1. The molecule has 3 heteroatoms. The van der Waals surface area contributed by atoms with Crippen LogP contribution in [0.5, 0.6) is 0 Å². The molecule has 0 unspecified atom stereocenters. The molecule has 1 fully saturated rings. The van der Waals surface area contributed by atoms with E-state index in [2.05, 4.69) is 6.92 Å². The second kappa shape index (κ2) is 4.52. The summed E-state index contributed by atoms with van der Waals surface area (Å²) in [6.45, 7) is 8.39. The molecule has 0 radical (unpaired) electrons. The fourth-order valence-electron chi connectivity index (χ4n) is 1.73. The smallest absolute Gasteiger partial charge is 0.311 e. The molecule has 0 amide bonds. The van der Waals surface area contributed by atoms with Gasteiger partial charge in [-0.2, -0.15) is 0 Å². The third-order valence-corrected chi connectivity index (χ3v) is 3.03. The average Bonchev–Trinajstić information content (AvgIpc) is 2.90. The lowest BCUT2D eigenvalue weighted by molar-refractivity contribution is -0.154. The van der Waals surface area contributed by atoms with Crippen LogP contribution in [0, 0.1) is 23.2 Å². The van der Waals surface area contributed by atoms with Crippen molar-refractivity contribution < 1.29 is 14.6 Å². The van der Waals surface area contributed by atoms with Gasteiger partial charge in [-0.3, -0.25) is 4.79 Å². The predicted octanol–water partition coefficient (Wildman–Crippen LogP) is 1.84. The first-order valence-corrected chi connectivity index (χ1v) is 5.64. The standard InChI is InChI=1S/C12H22O3/c1-8(10-5-9(10)6-13)7-15-11(14)12(2,3)4/h8-10,13H,5-7H2,1-4H3/t8-,9-,10-/m0/s1. The maximum absolute atomic E-state index is 11.5. The molecule has 0 aromatic heterocycles. The van der Waals surface area contributed by atoms with E-state index in [1.54, 1.807) is 0 Å². The molecule has 3 atom stereocenters. The van der Waals surface area contributed by atoms with Gasteiger partial charge in [0, 0.05) is 6.61 Å². The van der Waals surface area contributed by atoms with E-state index in [4.69, 9.17) is 9.84 Å². The average molecular weight is 214 g/mol. The normalized spacial score (nSPS) is 27.3. The molecule has 0 spiro atoms. The first-order valence-electron chi connectivity index (χ1n) is 5.64. The van der Waals surface area contributed by atoms with Crippen LogP contribution in [-0.2, 0) is 9.53 Å². The van der Waals surface area contributed by atoms with Crippen molar-refractivity contribution in [1.82, 2.24) is 0 Å². The Balaban J connectivity index is 2.23. The Morgan fingerprint density at radius 3 is 2.53 bits per heavy atom. The van der Waals surface area contributed by atoms with Crippen LogP contribution >= 0.6 is 0 Å². The lowest BCUT2D eigenvalue weighted by Crippen LogP contribution is -2.25. The molecule has 0 aromatic carbocycles. The summed E-state index contributed by atoms with van der Waals surface area (Å²) in [6, 6.07) is 0. The summed E-state index contributed by atoms with van der Waals surface area (Å²) in [6.07, 6.45) is 1.07. The van der Waals surface area contributed by atoms with Crippen LogP contribution in [0.1, 0.15) is 34.1 Å². The van der Waals surface area contributed by atoms with Crippen LogP contribution in [0.2, 0.25) is 0 Å². The van der Waals surface area contributed by atoms with E-state index in [1.807, 2.05) is 20.8 Å². The molecule has 0 aliphatic heterocycles. The van der Waals surface area contributed by atoms with Crippen molar-refractivity contribution in [3.05, 3.63) is 0 Å². The molecule has 0 aromatic rings. The summed E-state index contributed by atoms with van der Waals surface area (Å²) in [5.74, 6) is 1.21. The van der Waals surface area contributed by atoms with Crippen molar-refractivity contribution >= 4 is 5.97 Å². The van der Waals surface area contributed by atoms with E-state index in [0.29, 0.717) is 24.4 Å². The molecule has 15 heavy (non-hydrogen) atoms. The van der Waals surface area contributed by atoms with Crippen LogP contribution in [0.3, 0.4) is 0 Å². The van der Waals surface area contributed by atoms with Crippen LogP contribution in [-0.4, -0.2) is 24.3 Å². The topological polar surface area (TPSA) is 46.5 Å². The molecule has 1 N–H and O–H groups in total. The SMILES string of the molecule is C[C@@H](COC(=O)C(C)(C)C)[C@@H]1C[C@H]1CO. The molecule has 88 valence electrons. The Bertz CT molecular complexity index is 230. The summed E-state index contributed by atoms with van der Waals surface area (Å²) in [7, 11) is 0. The van der Waals surface area contributed by atoms with E-state index in [9.17, 15) is 4.79 Å². The maximum atomic E-state index is 11.5. The number of aliphatic hydroxyl groups is 1. The van der Waals surface area contributed by atoms with Gasteiger partial charge >= 0.3 is 5.97 Å². The quantitative estimate of drug-likeness (QED) is 0.726. The number of hydrogen-bond donors (Lipinski definition) is 1. The van der Waals surface area contributed by atoms with Gasteiger partial charge in [-0.15, -0.1) is 0 Å². The Kier molecular flexibility index (Phi) is 3.77. The van der Waals surface area contributed by atoms with E-state index in [-0.39, 0.29) is 12.6 Å². The van der Waals surface area contributed by atoms with Crippen molar-refractivity contribution in [3.63, 3.8) is 0 Å². The number of rotatable bonds is 4. The minimum absolute atomic E-state index is 0.143. The number of carbonyl (C=O) groups is 1. The molecule has 1 rings (SSSR count). The van der Waals surface area contributed by atoms with Gasteiger partial charge in [-0.05, 0) is 44.9 Å². The zero-order valence-electron chi connectivity index (χ0n) is 10.1. The number of aliphatic hydroxyl groups excluding tert-OH is 1. The summed E-state index contributed by atoms with van der Waals surface area (Å²) < 4.78 is 5.24. The van der Waals surface area contributed by atoms with Crippen molar-refractivity contribution in [2.24, 2.45) is 23.2 Å². The van der Waals surface area contributed by atoms with Crippen molar-refractivity contribution in [2.45, 2.75) is 34.1 Å². The van der Waals surface area contributed by atoms with Crippen LogP contribution in [0.15, 0.2) is 0 Å². The van der Waals surface area contributed by atoms with Crippen LogP contribution in [0.25, 0.3) is 0 Å². The molecule has 0 heterocycles. The summed E-state index contributed by atoms with van der Waals surface area (Å²) in [5.41, 5.74) is -0.417. The van der Waals surface area contributed by atoms with Gasteiger partial charge in [-0.25, -0.2) is 0 Å². The lowest BCUT2D eigenvalue weighted by atomic mass is 9.97. The Morgan fingerprint density at radius 2 is 2.13 bits per heavy atom. The van der Waals surface area contributed by atoms with E-state index in [1.165, 1.54) is 0 Å². The number of esters is 1. The Hall–Kier alpha value is -0.570. The maximum Gasteiger partial charge on any atom is 0.311 e. The molecule has 3 nitrogen and oxygen atoms in total.